The SMILES string of the molecule is Cc1[nH]c2ccccc2c1CC(=O)N[C@@H](Cc1ccc(N)cc1)C(=O)Nc1ccc(C(c2ccc(NC(=O)[C@H](Cc3ccc(N)cc3)NC(=O)Cc3c(C)[nH]c4ccccc34)cc2)c2ccc(NC(=O)[C@H](Cc3ccc(N)cc3)NC(=O)Cc3c(C)[nH]c4ccccc34)cc2)cc1.O=C(O)C(F)(F)F. The number of nitrogens with two attached hydrogens (primary N) is 3. The highest BCUT2D eigenvalue weighted by molar-refractivity contribution is 6.01. The van der Waals surface area contributed by atoms with Crippen molar-refractivity contribution in [2.45, 2.75) is 89.5 Å². The van der Waals surface area contributed by atoms with Crippen LogP contribution in [0.15, 0.2) is 218 Å². The molecule has 12 rings (SSSR count). The molecule has 0 aliphatic carbocycles. The molecule has 0 unspecified atom stereocenters. The predicted molar refractivity (Wildman–Crippen MR) is 400 cm³/mol. The number of fused-ring (bicyclic) bond motifs is 3. The number of rotatable bonds is 24. The lowest BCUT2D eigenvalue weighted by Gasteiger charge is -2.22. The number of para-hydroxylation sites is 3. The largest absolute Gasteiger partial charge is 0.490 e. The Labute approximate surface area is 596 Å². The first-order valence-electron chi connectivity index (χ1n) is 33.5. The van der Waals surface area contributed by atoms with Crippen LogP contribution in [0, 0.1) is 20.8 Å². The number of carboxylic acid groups (broad SMARTS) is 1. The molecule has 0 saturated carbocycles. The minimum Gasteiger partial charge on any atom is -0.475 e. The summed E-state index contributed by atoms with van der Waals surface area (Å²) in [6.45, 7) is 5.79. The lowest BCUT2D eigenvalue weighted by atomic mass is 9.85. The molecule has 530 valence electrons. The van der Waals surface area contributed by atoms with Gasteiger partial charge in [0.05, 0.1) is 19.3 Å². The van der Waals surface area contributed by atoms with E-state index in [4.69, 9.17) is 27.1 Å². The summed E-state index contributed by atoms with van der Waals surface area (Å²) in [5.74, 6) is -5.39. The van der Waals surface area contributed by atoms with Crippen LogP contribution < -0.4 is 49.1 Å². The number of hydrogen-bond acceptors (Lipinski definition) is 10. The number of hydrogen-bond donors (Lipinski definition) is 13. The van der Waals surface area contributed by atoms with Crippen molar-refractivity contribution in [3.05, 3.63) is 286 Å². The fraction of sp³-hybridized carbons (Fsp3) is 0.173. The van der Waals surface area contributed by atoms with Gasteiger partial charge in [-0.15, -0.1) is 0 Å². The van der Waals surface area contributed by atoms with Crippen LogP contribution in [0.25, 0.3) is 32.7 Å². The maximum atomic E-state index is 14.4. The number of benzene rings is 9. The van der Waals surface area contributed by atoms with Crippen molar-refractivity contribution in [2.24, 2.45) is 0 Å². The van der Waals surface area contributed by atoms with E-state index in [2.05, 4.69) is 46.9 Å². The number of carbonyl (C=O) groups excluding carboxylic acids is 6. The summed E-state index contributed by atoms with van der Waals surface area (Å²) in [6.07, 6.45) is -4.31. The van der Waals surface area contributed by atoms with Gasteiger partial charge in [0.25, 0.3) is 0 Å². The fourth-order valence-electron chi connectivity index (χ4n) is 12.7. The molecule has 9 aromatic carbocycles. The Bertz CT molecular complexity index is 4610. The first kappa shape index (κ1) is 72.3. The van der Waals surface area contributed by atoms with Gasteiger partial charge in [0.1, 0.15) is 18.1 Å². The molecule has 16 N–H and O–H groups in total. The van der Waals surface area contributed by atoms with E-state index < -0.39 is 53.9 Å². The molecule has 20 nitrogen and oxygen atoms in total. The Morgan fingerprint density at radius 2 is 0.615 bits per heavy atom. The molecule has 23 heteroatoms. The molecule has 6 amide bonds. The Balaban J connectivity index is 0.00000147. The van der Waals surface area contributed by atoms with Crippen LogP contribution in [0.1, 0.15) is 73.1 Å². The van der Waals surface area contributed by atoms with E-state index in [1.165, 1.54) is 0 Å². The normalized spacial score (nSPS) is 12.2. The molecule has 0 bridgehead atoms. The second-order valence-corrected chi connectivity index (χ2v) is 25.6. The summed E-state index contributed by atoms with van der Waals surface area (Å²) >= 11 is 0. The minimum absolute atomic E-state index is 0.0599. The molecule has 3 heterocycles. The highest BCUT2D eigenvalue weighted by atomic mass is 19.4. The first-order chi connectivity index (χ1) is 49.9. The van der Waals surface area contributed by atoms with Crippen molar-refractivity contribution in [3.8, 4) is 0 Å². The van der Waals surface area contributed by atoms with Gasteiger partial charge in [-0.2, -0.15) is 13.2 Å². The maximum Gasteiger partial charge on any atom is 0.490 e. The van der Waals surface area contributed by atoms with Crippen molar-refractivity contribution >= 4 is 108 Å². The van der Waals surface area contributed by atoms with Gasteiger partial charge in [-0.1, -0.05) is 127 Å². The molecule has 0 spiro atoms. The second-order valence-electron chi connectivity index (χ2n) is 25.6. The molecule has 0 aliphatic rings. The summed E-state index contributed by atoms with van der Waals surface area (Å²) in [5, 5.41) is 28.2. The summed E-state index contributed by atoms with van der Waals surface area (Å²) in [6, 6.07) is 64.5. The Morgan fingerprint density at radius 3 is 0.856 bits per heavy atom. The van der Waals surface area contributed by atoms with Crippen LogP contribution in [0.3, 0.4) is 0 Å². The summed E-state index contributed by atoms with van der Waals surface area (Å²) in [4.78, 5) is 104. The van der Waals surface area contributed by atoms with Crippen molar-refractivity contribution in [2.75, 3.05) is 33.2 Å². The molecule has 0 saturated heterocycles. The molecular weight excluding hydrogens is 1330 g/mol. The number of halogens is 3. The minimum atomic E-state index is -5.08. The number of H-pyrrole nitrogens is 3. The third-order valence-electron chi connectivity index (χ3n) is 18.1. The smallest absolute Gasteiger partial charge is 0.475 e. The third kappa shape index (κ3) is 18.3. The van der Waals surface area contributed by atoms with Crippen molar-refractivity contribution < 1.29 is 51.8 Å². The average molecular weight is 1400 g/mol. The first-order valence-corrected chi connectivity index (χ1v) is 33.5. The molecule has 0 aliphatic heterocycles. The highest BCUT2D eigenvalue weighted by Crippen LogP contribution is 2.35. The molecule has 0 fully saturated rings. The van der Waals surface area contributed by atoms with E-state index in [1.807, 2.05) is 203 Å². The van der Waals surface area contributed by atoms with E-state index in [0.29, 0.717) is 34.1 Å². The topological polar surface area (TPSA) is 337 Å². The quantitative estimate of drug-likeness (QED) is 0.0199. The lowest BCUT2D eigenvalue weighted by Crippen LogP contribution is -2.45. The van der Waals surface area contributed by atoms with Crippen molar-refractivity contribution in [1.82, 2.24) is 30.9 Å². The van der Waals surface area contributed by atoms with Gasteiger partial charge >= 0.3 is 12.1 Å². The van der Waals surface area contributed by atoms with Crippen LogP contribution in [-0.4, -0.2) is 85.8 Å². The van der Waals surface area contributed by atoms with E-state index in [-0.39, 0.29) is 56.2 Å². The molecule has 104 heavy (non-hydrogen) atoms. The zero-order valence-corrected chi connectivity index (χ0v) is 57.0. The van der Waals surface area contributed by atoms with E-state index in [9.17, 15) is 41.9 Å². The number of alkyl halides is 3. The number of carbonyl (C=O) groups is 7. The molecule has 3 atom stereocenters. The standard InChI is InChI=1S/C79H76N12O6.C2HF3O2/c1-46-64(61-10-4-7-13-67(61)83-46)43-73(92)89-70(40-49-16-28-55(80)29-17-49)77(95)86-58-34-22-52(23-35-58)76(53-24-36-59(37-25-53)87-78(96)71(41-50-18-30-56(81)31-19-50)90-74(93)44-65-47(2)84-68-14-8-5-11-62(65)68)54-26-38-60(39-27-54)88-79(97)72(42-51-20-32-57(82)33-21-51)91-75(94)45-66-48(3)85-69-15-9-6-12-63(66)69;3-2(4,5)1(6)7/h4-39,70-72,76,83-85H,40-45,80-82H2,1-3H3,(H,86,95)(H,87,96)(H,88,97)(H,89,92)(H,90,93)(H,91,94);(H,6,7)/t70-,71-,72-;/m0./s1. The highest BCUT2D eigenvalue weighted by Gasteiger charge is 2.38. The monoisotopic (exact) mass is 1400 g/mol. The van der Waals surface area contributed by atoms with Gasteiger partial charge in [-0.05, 0) is 162 Å². The van der Waals surface area contributed by atoms with Crippen LogP contribution >= 0.6 is 0 Å². The number of aliphatic carboxylic acids is 1. The summed E-state index contributed by atoms with van der Waals surface area (Å²) in [5.41, 5.74) is 34.1. The third-order valence-corrected chi connectivity index (χ3v) is 18.1. The van der Waals surface area contributed by atoms with E-state index in [1.54, 1.807) is 36.4 Å². The molecule has 12 aromatic rings. The van der Waals surface area contributed by atoms with Crippen LogP contribution in [0.4, 0.5) is 47.3 Å². The number of anilines is 6. The van der Waals surface area contributed by atoms with Crippen LogP contribution in [-0.2, 0) is 72.1 Å². The Kier molecular flexibility index (Phi) is 22.4. The van der Waals surface area contributed by atoms with Crippen LogP contribution in [0.5, 0.6) is 0 Å². The number of aromatic nitrogens is 3. The Morgan fingerprint density at radius 1 is 0.375 bits per heavy atom. The van der Waals surface area contributed by atoms with Crippen molar-refractivity contribution in [1.29, 1.82) is 0 Å². The molecule has 3 aromatic heterocycles. The number of nitrogen functional groups attached to an aromatic ring is 3. The van der Waals surface area contributed by atoms with Gasteiger partial charge < -0.3 is 69.2 Å². The van der Waals surface area contributed by atoms with Crippen molar-refractivity contribution in [3.63, 3.8) is 0 Å². The van der Waals surface area contributed by atoms with Gasteiger partial charge in [-0.25, -0.2) is 4.79 Å². The average Bonchev–Trinajstić information content (AvgIpc) is 1.13. The number of aromatic amines is 3. The summed E-state index contributed by atoms with van der Waals surface area (Å²) in [7, 11) is 0. The number of aryl methyl sites for hydroxylation is 3. The zero-order chi connectivity index (χ0) is 73.8. The van der Waals surface area contributed by atoms with E-state index >= 15 is 0 Å². The zero-order valence-electron chi connectivity index (χ0n) is 57.0. The number of nitrogens with one attached hydrogen (secondary N) is 9. The van der Waals surface area contributed by atoms with Gasteiger partial charge in [-0.3, -0.25) is 28.8 Å². The number of carboxylic acids is 1. The summed E-state index contributed by atoms with van der Waals surface area (Å²) < 4.78 is 31.7. The number of amides is 6. The van der Waals surface area contributed by atoms with Crippen LogP contribution in [0.2, 0.25) is 0 Å². The fourth-order valence-corrected chi connectivity index (χ4v) is 12.7. The lowest BCUT2D eigenvalue weighted by molar-refractivity contribution is -0.192. The van der Waals surface area contributed by atoms with Gasteiger partial charge in [0.15, 0.2) is 0 Å². The molecular formula is C81H77F3N12O8. The maximum absolute atomic E-state index is 14.4. The Hall–Kier alpha value is -12.9. The van der Waals surface area contributed by atoms with E-state index in [0.717, 1.165) is 99.9 Å². The molecule has 0 radical (unpaired) electrons. The van der Waals surface area contributed by atoms with Gasteiger partial charge in [0, 0.05) is 109 Å². The second kappa shape index (κ2) is 32.2. The predicted octanol–water partition coefficient (Wildman–Crippen LogP) is 12.3. The van der Waals surface area contributed by atoms with Gasteiger partial charge in [0.2, 0.25) is 35.4 Å².